The van der Waals surface area contributed by atoms with Gasteiger partial charge in [-0.25, -0.2) is 0 Å². The number of nitrogen functional groups attached to an aromatic ring is 1. The van der Waals surface area contributed by atoms with E-state index in [4.69, 9.17) is 22.1 Å². The highest BCUT2D eigenvalue weighted by Gasteiger charge is 2.09. The highest BCUT2D eigenvalue weighted by molar-refractivity contribution is 9.10. The molecule has 0 aliphatic carbocycles. The number of halogens is 2. The average Bonchev–Trinajstić information content (AvgIpc) is 2.43. The van der Waals surface area contributed by atoms with Crippen LogP contribution in [0, 0.1) is 0 Å². The summed E-state index contributed by atoms with van der Waals surface area (Å²) in [6.07, 6.45) is 0. The third kappa shape index (κ3) is 4.23. The van der Waals surface area contributed by atoms with Crippen LogP contribution in [-0.4, -0.2) is 16.6 Å². The summed E-state index contributed by atoms with van der Waals surface area (Å²) in [6.45, 7) is 0.347. The maximum Gasteiger partial charge on any atom is 0.119 e. The van der Waals surface area contributed by atoms with Gasteiger partial charge in [-0.3, -0.25) is 4.21 Å². The number of nitrogens with two attached hydrogens (primary N) is 1. The molecule has 0 aliphatic rings. The topological polar surface area (TPSA) is 52.3 Å². The maximum atomic E-state index is 12.1. The smallest absolute Gasteiger partial charge is 0.119 e. The monoisotopic (exact) mass is 373 g/mol. The molecule has 0 saturated carbocycles. The van der Waals surface area contributed by atoms with Gasteiger partial charge in [-0.1, -0.05) is 27.5 Å². The molecule has 0 aromatic heterocycles. The van der Waals surface area contributed by atoms with Gasteiger partial charge in [0.1, 0.15) is 12.4 Å². The van der Waals surface area contributed by atoms with Crippen LogP contribution in [0.5, 0.6) is 5.75 Å². The molecule has 0 spiro atoms. The van der Waals surface area contributed by atoms with Crippen molar-refractivity contribution in [2.24, 2.45) is 0 Å². The Bertz CT molecular complexity index is 619. The molecular formula is C14H13BrClNO2S. The minimum atomic E-state index is -1.23. The Labute approximate surface area is 133 Å². The van der Waals surface area contributed by atoms with Crippen LogP contribution < -0.4 is 10.5 Å². The molecule has 0 saturated heterocycles. The third-order valence-corrected chi connectivity index (χ3v) is 4.72. The van der Waals surface area contributed by atoms with E-state index < -0.39 is 10.8 Å². The SMILES string of the molecule is Nc1ccc(Cl)cc1S(=O)CCOc1ccc(Br)cc1. The van der Waals surface area contributed by atoms with Gasteiger partial charge in [0.15, 0.2) is 0 Å². The first kappa shape index (κ1) is 15.4. The molecule has 0 aliphatic heterocycles. The largest absolute Gasteiger partial charge is 0.493 e. The first-order chi connectivity index (χ1) is 9.56. The fourth-order valence-corrected chi connectivity index (χ4v) is 3.13. The van der Waals surface area contributed by atoms with E-state index in [2.05, 4.69) is 15.9 Å². The molecule has 0 bridgehead atoms. The Morgan fingerprint density at radius 3 is 2.60 bits per heavy atom. The van der Waals surface area contributed by atoms with E-state index in [1.807, 2.05) is 24.3 Å². The number of benzene rings is 2. The lowest BCUT2D eigenvalue weighted by Crippen LogP contribution is -2.10. The zero-order valence-electron chi connectivity index (χ0n) is 10.5. The van der Waals surface area contributed by atoms with Gasteiger partial charge in [0.05, 0.1) is 21.4 Å². The zero-order chi connectivity index (χ0) is 14.5. The molecule has 3 nitrogen and oxygen atoms in total. The second kappa shape index (κ2) is 7.11. The summed E-state index contributed by atoms with van der Waals surface area (Å²) in [6, 6.07) is 12.4. The van der Waals surface area contributed by atoms with Gasteiger partial charge in [0.2, 0.25) is 0 Å². The summed E-state index contributed by atoms with van der Waals surface area (Å²) < 4.78 is 18.7. The zero-order valence-corrected chi connectivity index (χ0v) is 13.7. The van der Waals surface area contributed by atoms with Crippen LogP contribution in [-0.2, 0) is 10.8 Å². The molecule has 2 aromatic carbocycles. The first-order valence-corrected chi connectivity index (χ1v) is 8.37. The Morgan fingerprint density at radius 1 is 1.20 bits per heavy atom. The number of hydrogen-bond donors (Lipinski definition) is 1. The van der Waals surface area contributed by atoms with Gasteiger partial charge in [-0.05, 0) is 42.5 Å². The normalized spacial score (nSPS) is 12.1. The summed E-state index contributed by atoms with van der Waals surface area (Å²) in [4.78, 5) is 0.553. The lowest BCUT2D eigenvalue weighted by Gasteiger charge is -2.08. The van der Waals surface area contributed by atoms with Crippen molar-refractivity contribution in [2.45, 2.75) is 4.90 Å². The summed E-state index contributed by atoms with van der Waals surface area (Å²) >= 11 is 9.23. The quantitative estimate of drug-likeness (QED) is 0.808. The Kier molecular flexibility index (Phi) is 5.46. The van der Waals surface area contributed by atoms with Gasteiger partial charge in [-0.15, -0.1) is 0 Å². The molecule has 2 aromatic rings. The summed E-state index contributed by atoms with van der Waals surface area (Å²) in [5.74, 6) is 1.10. The van der Waals surface area contributed by atoms with Crippen LogP contribution in [0.3, 0.4) is 0 Å². The standard InChI is InChI=1S/C14H13BrClNO2S/c15-10-1-4-12(5-2-10)19-7-8-20(18)14-9-11(16)3-6-13(14)17/h1-6,9H,7-8,17H2. The summed E-state index contributed by atoms with van der Waals surface area (Å²) in [7, 11) is -1.23. The molecule has 1 atom stereocenters. The lowest BCUT2D eigenvalue weighted by molar-refractivity contribution is 0.342. The van der Waals surface area contributed by atoms with Crippen molar-refractivity contribution in [3.63, 3.8) is 0 Å². The van der Waals surface area contributed by atoms with Gasteiger partial charge in [0.25, 0.3) is 0 Å². The van der Waals surface area contributed by atoms with Crippen molar-refractivity contribution in [3.8, 4) is 5.75 Å². The van der Waals surface area contributed by atoms with Crippen LogP contribution in [0.15, 0.2) is 51.8 Å². The predicted octanol–water partition coefficient (Wildman–Crippen LogP) is 3.87. The minimum absolute atomic E-state index is 0.347. The molecule has 0 fully saturated rings. The molecule has 0 heterocycles. The second-order valence-electron chi connectivity index (χ2n) is 4.03. The molecule has 2 N–H and O–H groups in total. The Hall–Kier alpha value is -1.04. The molecule has 1 unspecified atom stereocenters. The first-order valence-electron chi connectivity index (χ1n) is 5.88. The minimum Gasteiger partial charge on any atom is -0.493 e. The second-order valence-corrected chi connectivity index (χ2v) is 6.93. The van der Waals surface area contributed by atoms with Crippen molar-refractivity contribution in [1.82, 2.24) is 0 Å². The molecule has 2 rings (SSSR count). The maximum absolute atomic E-state index is 12.1. The highest BCUT2D eigenvalue weighted by atomic mass is 79.9. The number of ether oxygens (including phenoxy) is 1. The van der Waals surface area contributed by atoms with Crippen LogP contribution in [0.2, 0.25) is 5.02 Å². The van der Waals surface area contributed by atoms with E-state index in [9.17, 15) is 4.21 Å². The van der Waals surface area contributed by atoms with E-state index in [0.29, 0.717) is 28.0 Å². The van der Waals surface area contributed by atoms with Crippen molar-refractivity contribution in [1.29, 1.82) is 0 Å². The van der Waals surface area contributed by atoms with E-state index in [0.717, 1.165) is 10.2 Å². The van der Waals surface area contributed by atoms with Crippen molar-refractivity contribution in [2.75, 3.05) is 18.1 Å². The average molecular weight is 375 g/mol. The molecule has 20 heavy (non-hydrogen) atoms. The fraction of sp³-hybridized carbons (Fsp3) is 0.143. The lowest BCUT2D eigenvalue weighted by atomic mass is 10.3. The predicted molar refractivity (Wildman–Crippen MR) is 86.8 cm³/mol. The highest BCUT2D eigenvalue weighted by Crippen LogP contribution is 2.22. The summed E-state index contributed by atoms with van der Waals surface area (Å²) in [5, 5.41) is 0.524. The van der Waals surface area contributed by atoms with E-state index in [-0.39, 0.29) is 0 Å². The van der Waals surface area contributed by atoms with Gasteiger partial charge >= 0.3 is 0 Å². The molecule has 6 heteroatoms. The molecule has 0 radical (unpaired) electrons. The van der Waals surface area contributed by atoms with Crippen LogP contribution >= 0.6 is 27.5 Å². The van der Waals surface area contributed by atoms with Crippen LogP contribution in [0.1, 0.15) is 0 Å². The number of hydrogen-bond acceptors (Lipinski definition) is 3. The van der Waals surface area contributed by atoms with Gasteiger partial charge < -0.3 is 10.5 Å². The fourth-order valence-electron chi connectivity index (χ4n) is 1.58. The number of rotatable bonds is 5. The van der Waals surface area contributed by atoms with E-state index in [1.165, 1.54) is 0 Å². The summed E-state index contributed by atoms with van der Waals surface area (Å²) in [5.41, 5.74) is 6.27. The van der Waals surface area contributed by atoms with Crippen LogP contribution in [0.25, 0.3) is 0 Å². The van der Waals surface area contributed by atoms with Crippen molar-refractivity contribution < 1.29 is 8.95 Å². The Balaban J connectivity index is 1.92. The third-order valence-electron chi connectivity index (χ3n) is 2.57. The van der Waals surface area contributed by atoms with E-state index >= 15 is 0 Å². The molecule has 0 amide bonds. The van der Waals surface area contributed by atoms with Gasteiger partial charge in [0, 0.05) is 15.2 Å². The molecular weight excluding hydrogens is 362 g/mol. The van der Waals surface area contributed by atoms with E-state index in [1.54, 1.807) is 18.2 Å². The van der Waals surface area contributed by atoms with Crippen molar-refractivity contribution >= 4 is 44.0 Å². The molecule has 106 valence electrons. The van der Waals surface area contributed by atoms with Crippen molar-refractivity contribution in [3.05, 3.63) is 52.0 Å². The van der Waals surface area contributed by atoms with Gasteiger partial charge in [-0.2, -0.15) is 0 Å². The van der Waals surface area contributed by atoms with Crippen LogP contribution in [0.4, 0.5) is 5.69 Å². The number of anilines is 1. The Morgan fingerprint density at radius 2 is 1.90 bits per heavy atom.